The van der Waals surface area contributed by atoms with Crippen LogP contribution in [0.5, 0.6) is 0 Å². The second kappa shape index (κ2) is 12.4. The lowest BCUT2D eigenvalue weighted by Gasteiger charge is -2.26. The van der Waals surface area contributed by atoms with E-state index in [-0.39, 0.29) is 49.4 Å². The molecule has 1 fully saturated rings. The Labute approximate surface area is 164 Å². The molecule has 0 radical (unpaired) electrons. The lowest BCUT2D eigenvalue weighted by molar-refractivity contribution is -0.140. The second-order valence-electron chi connectivity index (χ2n) is 8.16. The normalized spacial score (nSPS) is 27.1. The fourth-order valence-electron chi connectivity index (χ4n) is 4.27. The summed E-state index contributed by atoms with van der Waals surface area (Å²) in [6, 6.07) is 0. The van der Waals surface area contributed by atoms with Gasteiger partial charge in [0.05, 0.1) is 0 Å². The molecule has 160 valence electrons. The van der Waals surface area contributed by atoms with E-state index in [0.29, 0.717) is 51.4 Å². The van der Waals surface area contributed by atoms with Crippen molar-refractivity contribution in [2.75, 3.05) is 0 Å². The van der Waals surface area contributed by atoms with Crippen LogP contribution in [-0.2, 0) is 19.2 Å². The highest BCUT2D eigenvalue weighted by Crippen LogP contribution is 2.33. The van der Waals surface area contributed by atoms with Crippen LogP contribution in [-0.4, -0.2) is 44.3 Å². The number of carboxylic acids is 4. The molecule has 8 heteroatoms. The van der Waals surface area contributed by atoms with Gasteiger partial charge < -0.3 is 20.4 Å². The smallest absolute Gasteiger partial charge is 0.303 e. The average Bonchev–Trinajstić information content (AvgIpc) is 2.55. The summed E-state index contributed by atoms with van der Waals surface area (Å²) in [7, 11) is 0. The number of carboxylic acid groups (broad SMARTS) is 4. The van der Waals surface area contributed by atoms with Crippen LogP contribution in [0.2, 0.25) is 0 Å². The van der Waals surface area contributed by atoms with Gasteiger partial charge in [-0.15, -0.1) is 0 Å². The largest absolute Gasteiger partial charge is 0.481 e. The van der Waals surface area contributed by atoms with E-state index < -0.39 is 23.9 Å². The van der Waals surface area contributed by atoms with Crippen LogP contribution in [0.25, 0.3) is 0 Å². The Morgan fingerprint density at radius 2 is 0.571 bits per heavy atom. The number of carbonyl (C=O) groups is 4. The molecule has 0 amide bonds. The fourth-order valence-corrected chi connectivity index (χ4v) is 4.27. The van der Waals surface area contributed by atoms with Crippen LogP contribution >= 0.6 is 0 Å². The zero-order valence-electron chi connectivity index (χ0n) is 16.2. The molecular weight excluding hydrogens is 368 g/mol. The summed E-state index contributed by atoms with van der Waals surface area (Å²) in [6.07, 6.45) is 4.73. The maximum atomic E-state index is 11.2. The van der Waals surface area contributed by atoms with Crippen molar-refractivity contribution in [3.05, 3.63) is 0 Å². The van der Waals surface area contributed by atoms with E-state index in [2.05, 4.69) is 0 Å². The Hall–Kier alpha value is -2.12. The molecular formula is C20H32O8. The van der Waals surface area contributed by atoms with Crippen molar-refractivity contribution < 1.29 is 39.6 Å². The zero-order chi connectivity index (χ0) is 21.1. The Morgan fingerprint density at radius 3 is 0.679 bits per heavy atom. The first-order valence-electron chi connectivity index (χ1n) is 10.0. The summed E-state index contributed by atoms with van der Waals surface area (Å²) >= 11 is 0. The summed E-state index contributed by atoms with van der Waals surface area (Å²) in [5.74, 6) is -3.99. The molecule has 1 saturated carbocycles. The monoisotopic (exact) mass is 400 g/mol. The highest BCUT2D eigenvalue weighted by Gasteiger charge is 2.25. The maximum Gasteiger partial charge on any atom is 0.303 e. The molecule has 8 nitrogen and oxygen atoms in total. The van der Waals surface area contributed by atoms with Crippen LogP contribution in [0, 0.1) is 23.7 Å². The number of aliphatic carboxylic acids is 4. The number of hydrogen-bond acceptors (Lipinski definition) is 4. The van der Waals surface area contributed by atoms with Crippen molar-refractivity contribution in [2.45, 2.75) is 77.0 Å². The van der Waals surface area contributed by atoms with E-state index >= 15 is 0 Å². The van der Waals surface area contributed by atoms with Crippen molar-refractivity contribution in [3.63, 3.8) is 0 Å². The molecule has 0 aromatic heterocycles. The SMILES string of the molecule is O=C(O)CC1CCC(CC(=O)O)CCC(CC(=O)O)CCC(CC(=O)O)CC1. The molecule has 1 aliphatic carbocycles. The van der Waals surface area contributed by atoms with Crippen molar-refractivity contribution in [2.24, 2.45) is 23.7 Å². The van der Waals surface area contributed by atoms with E-state index in [0.717, 1.165) is 0 Å². The first-order valence-corrected chi connectivity index (χ1v) is 10.0. The third kappa shape index (κ3) is 10.9. The maximum absolute atomic E-state index is 11.2. The van der Waals surface area contributed by atoms with E-state index in [9.17, 15) is 19.2 Å². The van der Waals surface area contributed by atoms with Gasteiger partial charge in [0, 0.05) is 25.7 Å². The Bertz CT molecular complexity index is 432. The van der Waals surface area contributed by atoms with Crippen LogP contribution in [0.4, 0.5) is 0 Å². The van der Waals surface area contributed by atoms with Gasteiger partial charge in [-0.2, -0.15) is 0 Å². The van der Waals surface area contributed by atoms with Crippen molar-refractivity contribution >= 4 is 23.9 Å². The van der Waals surface area contributed by atoms with Gasteiger partial charge in [-0.25, -0.2) is 0 Å². The van der Waals surface area contributed by atoms with Crippen molar-refractivity contribution in [1.82, 2.24) is 0 Å². The zero-order valence-corrected chi connectivity index (χ0v) is 16.2. The Kier molecular flexibility index (Phi) is 10.6. The molecule has 0 aliphatic heterocycles. The molecule has 4 N–H and O–H groups in total. The van der Waals surface area contributed by atoms with Crippen LogP contribution in [0.3, 0.4) is 0 Å². The Balaban J connectivity index is 2.90. The summed E-state index contributed by atoms with van der Waals surface area (Å²) in [5.41, 5.74) is 0. The van der Waals surface area contributed by atoms with E-state index in [1.54, 1.807) is 0 Å². The summed E-state index contributed by atoms with van der Waals surface area (Å²) in [6.45, 7) is 0. The highest BCUT2D eigenvalue weighted by atomic mass is 16.4. The molecule has 0 unspecified atom stereocenters. The van der Waals surface area contributed by atoms with Crippen molar-refractivity contribution in [3.8, 4) is 0 Å². The van der Waals surface area contributed by atoms with Gasteiger partial charge in [-0.1, -0.05) is 0 Å². The van der Waals surface area contributed by atoms with Gasteiger partial charge in [0.1, 0.15) is 0 Å². The van der Waals surface area contributed by atoms with Gasteiger partial charge in [-0.3, -0.25) is 19.2 Å². The third-order valence-corrected chi connectivity index (χ3v) is 5.79. The molecule has 1 aliphatic rings. The van der Waals surface area contributed by atoms with Crippen LogP contribution < -0.4 is 0 Å². The lowest BCUT2D eigenvalue weighted by atomic mass is 9.79. The first-order chi connectivity index (χ1) is 13.2. The minimum absolute atomic E-state index is 0.00121. The molecule has 0 aromatic carbocycles. The quantitative estimate of drug-likeness (QED) is 0.484. The molecule has 0 spiro atoms. The van der Waals surface area contributed by atoms with Gasteiger partial charge in [0.2, 0.25) is 0 Å². The molecule has 1 rings (SSSR count). The molecule has 0 saturated heterocycles. The minimum Gasteiger partial charge on any atom is -0.481 e. The van der Waals surface area contributed by atoms with Gasteiger partial charge in [0.15, 0.2) is 0 Å². The fraction of sp³-hybridized carbons (Fsp3) is 0.800. The van der Waals surface area contributed by atoms with Gasteiger partial charge in [0.25, 0.3) is 0 Å². The summed E-state index contributed by atoms with van der Waals surface area (Å²) in [4.78, 5) is 44.7. The predicted molar refractivity (Wildman–Crippen MR) is 99.9 cm³/mol. The van der Waals surface area contributed by atoms with Crippen LogP contribution in [0.15, 0.2) is 0 Å². The predicted octanol–water partition coefficient (Wildman–Crippen LogP) is 3.48. The second-order valence-corrected chi connectivity index (χ2v) is 8.16. The first kappa shape index (κ1) is 23.9. The van der Waals surface area contributed by atoms with Gasteiger partial charge >= 0.3 is 23.9 Å². The van der Waals surface area contributed by atoms with E-state index in [1.165, 1.54) is 0 Å². The average molecular weight is 400 g/mol. The Morgan fingerprint density at radius 1 is 0.429 bits per heavy atom. The molecule has 0 atom stereocenters. The molecule has 28 heavy (non-hydrogen) atoms. The molecule has 0 aromatic rings. The lowest BCUT2D eigenvalue weighted by Crippen LogP contribution is -2.19. The van der Waals surface area contributed by atoms with Crippen molar-refractivity contribution in [1.29, 1.82) is 0 Å². The van der Waals surface area contributed by atoms with Gasteiger partial charge in [-0.05, 0) is 75.0 Å². The number of rotatable bonds is 8. The molecule has 0 heterocycles. The van der Waals surface area contributed by atoms with E-state index in [4.69, 9.17) is 20.4 Å². The highest BCUT2D eigenvalue weighted by molar-refractivity contribution is 5.68. The summed E-state index contributed by atoms with van der Waals surface area (Å²) < 4.78 is 0. The summed E-state index contributed by atoms with van der Waals surface area (Å²) in [5, 5.41) is 36.6. The van der Waals surface area contributed by atoms with Crippen LogP contribution in [0.1, 0.15) is 77.0 Å². The van der Waals surface area contributed by atoms with E-state index in [1.807, 2.05) is 0 Å². The topological polar surface area (TPSA) is 149 Å². The molecule has 0 bridgehead atoms. The standard InChI is InChI=1S/C20H32O8/c21-17(22)9-13-1-2-14(10-18(23)24)5-6-16(12-20(27)28)8-7-15(4-3-13)11-19(25)26/h13-16H,1-12H2,(H,21,22)(H,23,24)(H,25,26)(H,27,28). The third-order valence-electron chi connectivity index (χ3n) is 5.79. The number of hydrogen-bond donors (Lipinski definition) is 4. The minimum atomic E-state index is -0.900.